The predicted octanol–water partition coefficient (Wildman–Crippen LogP) is 1.21. The molecule has 2 rings (SSSR count). The highest BCUT2D eigenvalue weighted by atomic mass is 16.5. The van der Waals surface area contributed by atoms with Crippen molar-refractivity contribution in [1.82, 2.24) is 9.80 Å². The Bertz CT molecular complexity index is 294. The summed E-state index contributed by atoms with van der Waals surface area (Å²) in [7, 11) is 2.11. The number of amides is 1. The van der Waals surface area contributed by atoms with Crippen LogP contribution in [0.15, 0.2) is 0 Å². The topological polar surface area (TPSA) is 32.8 Å². The number of rotatable bonds is 2. The summed E-state index contributed by atoms with van der Waals surface area (Å²) in [4.78, 5) is 16.8. The van der Waals surface area contributed by atoms with Gasteiger partial charge in [-0.05, 0) is 32.4 Å². The number of carbonyl (C=O) groups is 1. The molecule has 4 heteroatoms. The molecule has 0 aromatic rings. The summed E-state index contributed by atoms with van der Waals surface area (Å²) in [6, 6.07) is 0. The van der Waals surface area contributed by atoms with Crippen molar-refractivity contribution in [1.29, 1.82) is 0 Å². The van der Waals surface area contributed by atoms with E-state index in [1.165, 1.54) is 0 Å². The molecule has 0 spiro atoms. The van der Waals surface area contributed by atoms with Gasteiger partial charge >= 0.3 is 0 Å². The van der Waals surface area contributed by atoms with E-state index in [-0.39, 0.29) is 12.0 Å². The van der Waals surface area contributed by atoms with E-state index in [1.807, 2.05) is 4.90 Å². The van der Waals surface area contributed by atoms with Crippen molar-refractivity contribution in [2.24, 2.45) is 11.8 Å². The number of ether oxygens (including phenoxy) is 1. The summed E-state index contributed by atoms with van der Waals surface area (Å²) in [6.07, 6.45) is 2.40. The molecule has 2 heterocycles. The smallest absolute Gasteiger partial charge is 0.227 e. The second-order valence-corrected chi connectivity index (χ2v) is 6.04. The summed E-state index contributed by atoms with van der Waals surface area (Å²) in [5.41, 5.74) is 0. The molecule has 2 fully saturated rings. The Balaban J connectivity index is 1.91. The average Bonchev–Trinajstić information content (AvgIpc) is 2.38. The number of nitrogens with zero attached hydrogens (tertiary/aromatic N) is 2. The summed E-state index contributed by atoms with van der Waals surface area (Å²) in [5.74, 6) is 1.03. The van der Waals surface area contributed by atoms with Gasteiger partial charge in [0, 0.05) is 19.6 Å². The first-order valence-electron chi connectivity index (χ1n) is 7.17. The van der Waals surface area contributed by atoms with Gasteiger partial charge in [0.15, 0.2) is 0 Å². The van der Waals surface area contributed by atoms with Gasteiger partial charge in [-0.25, -0.2) is 0 Å². The van der Waals surface area contributed by atoms with Gasteiger partial charge in [-0.15, -0.1) is 0 Å². The molecule has 104 valence electrons. The molecule has 2 saturated heterocycles. The number of morpholine rings is 1. The van der Waals surface area contributed by atoms with Crippen LogP contribution >= 0.6 is 0 Å². The van der Waals surface area contributed by atoms with Crippen LogP contribution in [0.1, 0.15) is 26.7 Å². The highest BCUT2D eigenvalue weighted by Gasteiger charge is 2.32. The first-order valence-corrected chi connectivity index (χ1v) is 7.17. The Morgan fingerprint density at radius 3 is 2.72 bits per heavy atom. The number of likely N-dealkylation sites (tertiary alicyclic amines) is 1. The van der Waals surface area contributed by atoms with E-state index in [4.69, 9.17) is 4.74 Å². The number of hydrogen-bond acceptors (Lipinski definition) is 3. The molecule has 18 heavy (non-hydrogen) atoms. The molecule has 0 aromatic carbocycles. The van der Waals surface area contributed by atoms with Gasteiger partial charge in [0.2, 0.25) is 5.91 Å². The molecule has 0 aromatic heterocycles. The normalized spacial score (nSPS) is 30.8. The van der Waals surface area contributed by atoms with E-state index < -0.39 is 0 Å². The maximum absolute atomic E-state index is 12.5. The van der Waals surface area contributed by atoms with Crippen LogP contribution in [0.4, 0.5) is 0 Å². The molecule has 2 atom stereocenters. The molecule has 2 aliphatic heterocycles. The van der Waals surface area contributed by atoms with Crippen molar-refractivity contribution < 1.29 is 9.53 Å². The molecule has 4 nitrogen and oxygen atoms in total. The van der Waals surface area contributed by atoms with E-state index in [0.29, 0.717) is 18.4 Å². The lowest BCUT2D eigenvalue weighted by Gasteiger charge is -2.38. The van der Waals surface area contributed by atoms with E-state index in [1.54, 1.807) is 0 Å². The summed E-state index contributed by atoms with van der Waals surface area (Å²) in [5, 5.41) is 0. The van der Waals surface area contributed by atoms with Crippen LogP contribution in [0.2, 0.25) is 0 Å². The minimum absolute atomic E-state index is 0.203. The van der Waals surface area contributed by atoms with Gasteiger partial charge in [-0.1, -0.05) is 13.8 Å². The van der Waals surface area contributed by atoms with Crippen LogP contribution in [0.25, 0.3) is 0 Å². The zero-order valence-corrected chi connectivity index (χ0v) is 11.9. The minimum Gasteiger partial charge on any atom is -0.374 e. The molecule has 2 unspecified atom stereocenters. The second-order valence-electron chi connectivity index (χ2n) is 6.04. The lowest BCUT2D eigenvalue weighted by molar-refractivity contribution is -0.146. The molecule has 0 N–H and O–H groups in total. The fraction of sp³-hybridized carbons (Fsp3) is 0.929. The van der Waals surface area contributed by atoms with Crippen molar-refractivity contribution in [3.8, 4) is 0 Å². The molecule has 0 bridgehead atoms. The van der Waals surface area contributed by atoms with Crippen LogP contribution in [-0.4, -0.2) is 61.6 Å². The van der Waals surface area contributed by atoms with Gasteiger partial charge in [-0.3, -0.25) is 4.79 Å². The molecule has 2 aliphatic rings. The fourth-order valence-electron chi connectivity index (χ4n) is 2.91. The number of hydrogen-bond donors (Lipinski definition) is 0. The SMILES string of the molecule is CC(C)C1CN(C(=O)C2CCCN(C)C2)CCO1. The van der Waals surface area contributed by atoms with Crippen molar-refractivity contribution in [3.63, 3.8) is 0 Å². The van der Waals surface area contributed by atoms with Crippen LogP contribution < -0.4 is 0 Å². The summed E-state index contributed by atoms with van der Waals surface area (Å²) in [6.45, 7) is 8.60. The minimum atomic E-state index is 0.203. The van der Waals surface area contributed by atoms with Crippen molar-refractivity contribution in [2.75, 3.05) is 39.8 Å². The molecule has 0 saturated carbocycles. The Morgan fingerprint density at radius 2 is 2.06 bits per heavy atom. The highest BCUT2D eigenvalue weighted by molar-refractivity contribution is 5.79. The number of piperidine rings is 1. The summed E-state index contributed by atoms with van der Waals surface area (Å²) < 4.78 is 5.72. The molecule has 0 radical (unpaired) electrons. The van der Waals surface area contributed by atoms with Gasteiger partial charge in [-0.2, -0.15) is 0 Å². The van der Waals surface area contributed by atoms with Crippen LogP contribution in [0, 0.1) is 11.8 Å². The van der Waals surface area contributed by atoms with Gasteiger partial charge in [0.1, 0.15) is 0 Å². The van der Waals surface area contributed by atoms with Crippen LogP contribution in [0.3, 0.4) is 0 Å². The number of carbonyl (C=O) groups excluding carboxylic acids is 1. The van der Waals surface area contributed by atoms with E-state index in [2.05, 4.69) is 25.8 Å². The Morgan fingerprint density at radius 1 is 1.28 bits per heavy atom. The lowest BCUT2D eigenvalue weighted by atomic mass is 9.96. The third-order valence-corrected chi connectivity index (χ3v) is 4.12. The molecule has 1 amide bonds. The predicted molar refractivity (Wildman–Crippen MR) is 71.4 cm³/mol. The fourth-order valence-corrected chi connectivity index (χ4v) is 2.91. The average molecular weight is 254 g/mol. The zero-order chi connectivity index (χ0) is 13.1. The summed E-state index contributed by atoms with van der Waals surface area (Å²) >= 11 is 0. The highest BCUT2D eigenvalue weighted by Crippen LogP contribution is 2.20. The quantitative estimate of drug-likeness (QED) is 0.742. The van der Waals surface area contributed by atoms with Crippen molar-refractivity contribution in [3.05, 3.63) is 0 Å². The van der Waals surface area contributed by atoms with E-state index in [0.717, 1.165) is 39.0 Å². The maximum atomic E-state index is 12.5. The maximum Gasteiger partial charge on any atom is 0.227 e. The first kappa shape index (κ1) is 13.8. The van der Waals surface area contributed by atoms with Crippen LogP contribution in [0.5, 0.6) is 0 Å². The first-order chi connectivity index (χ1) is 8.58. The van der Waals surface area contributed by atoms with Crippen molar-refractivity contribution in [2.45, 2.75) is 32.8 Å². The standard InChI is InChI=1S/C14H26N2O2/c1-11(2)13-10-16(7-8-18-13)14(17)12-5-4-6-15(3)9-12/h11-13H,4-10H2,1-3H3. The third-order valence-electron chi connectivity index (χ3n) is 4.12. The Hall–Kier alpha value is -0.610. The van der Waals surface area contributed by atoms with Gasteiger partial charge in [0.05, 0.1) is 18.6 Å². The molecule has 0 aliphatic carbocycles. The Kier molecular flexibility index (Phi) is 4.62. The monoisotopic (exact) mass is 254 g/mol. The van der Waals surface area contributed by atoms with Crippen molar-refractivity contribution >= 4 is 5.91 Å². The lowest BCUT2D eigenvalue weighted by Crippen LogP contribution is -2.51. The van der Waals surface area contributed by atoms with Gasteiger partial charge < -0.3 is 14.5 Å². The Labute approximate surface area is 110 Å². The van der Waals surface area contributed by atoms with E-state index >= 15 is 0 Å². The molecular weight excluding hydrogens is 228 g/mol. The van der Waals surface area contributed by atoms with Gasteiger partial charge in [0.25, 0.3) is 0 Å². The second kappa shape index (κ2) is 6.02. The van der Waals surface area contributed by atoms with E-state index in [9.17, 15) is 4.79 Å². The molecular formula is C14H26N2O2. The third kappa shape index (κ3) is 3.23. The largest absolute Gasteiger partial charge is 0.374 e. The zero-order valence-electron chi connectivity index (χ0n) is 11.9. The van der Waals surface area contributed by atoms with Crippen LogP contribution in [-0.2, 0) is 9.53 Å².